The fraction of sp³-hybridized carbons (Fsp3) is 0.226. The van der Waals surface area contributed by atoms with Crippen molar-refractivity contribution in [3.8, 4) is 34.2 Å². The fourth-order valence-electron chi connectivity index (χ4n) is 5.45. The molecule has 4 aromatic heterocycles. The van der Waals surface area contributed by atoms with Gasteiger partial charge in [0.15, 0.2) is 17.3 Å². The van der Waals surface area contributed by atoms with E-state index < -0.39 is 0 Å². The first-order valence-corrected chi connectivity index (χ1v) is 13.6. The van der Waals surface area contributed by atoms with Crippen molar-refractivity contribution in [3.63, 3.8) is 0 Å². The number of hydrogen-bond donors (Lipinski definition) is 1. The van der Waals surface area contributed by atoms with Crippen LogP contribution < -0.4 is 0 Å². The lowest BCUT2D eigenvalue weighted by Crippen LogP contribution is -2.32. The second kappa shape index (κ2) is 10.4. The Labute approximate surface area is 232 Å². The van der Waals surface area contributed by atoms with E-state index in [0.29, 0.717) is 17.6 Å². The monoisotopic (exact) mass is 527 g/mol. The van der Waals surface area contributed by atoms with Gasteiger partial charge < -0.3 is 4.98 Å². The summed E-state index contributed by atoms with van der Waals surface area (Å²) in [5.41, 5.74) is 7.26. The molecule has 0 aliphatic carbocycles. The normalized spacial score (nSPS) is 14.6. The van der Waals surface area contributed by atoms with Crippen LogP contribution in [-0.2, 0) is 6.54 Å². The van der Waals surface area contributed by atoms with Crippen LogP contribution in [0.4, 0.5) is 0 Å². The van der Waals surface area contributed by atoms with E-state index in [1.165, 1.54) is 5.56 Å². The Kier molecular flexibility index (Phi) is 6.33. The van der Waals surface area contributed by atoms with Crippen LogP contribution in [0.3, 0.4) is 0 Å². The number of hydrogen-bond acceptors (Lipinski definition) is 7. The van der Waals surface area contributed by atoms with Crippen LogP contribution >= 0.6 is 0 Å². The third kappa shape index (κ3) is 4.76. The summed E-state index contributed by atoms with van der Waals surface area (Å²) in [6.07, 6.45) is 5.51. The number of piperidine rings is 1. The number of aromatic amines is 1. The maximum atomic E-state index is 4.97. The molecule has 7 rings (SSSR count). The van der Waals surface area contributed by atoms with Gasteiger partial charge in [-0.25, -0.2) is 19.5 Å². The van der Waals surface area contributed by atoms with Gasteiger partial charge in [-0.1, -0.05) is 54.6 Å². The minimum atomic E-state index is 0.368. The van der Waals surface area contributed by atoms with E-state index in [1.54, 1.807) is 18.5 Å². The van der Waals surface area contributed by atoms with Crippen molar-refractivity contribution in [2.75, 3.05) is 13.1 Å². The first kappa shape index (κ1) is 24.3. The van der Waals surface area contributed by atoms with Crippen LogP contribution in [0.15, 0.2) is 85.2 Å². The molecule has 0 amide bonds. The SMILES string of the molecule is Cc1ccc2nc(-c3ccc(CN4CCC(c5nnc(-c6ncccn6)[nH]5)CC4)cc3)c(-c3ccccc3)n2n1. The van der Waals surface area contributed by atoms with Crippen molar-refractivity contribution >= 4 is 5.65 Å². The molecule has 6 aromatic rings. The topological polar surface area (TPSA) is 101 Å². The molecule has 2 aromatic carbocycles. The van der Waals surface area contributed by atoms with Crippen molar-refractivity contribution in [1.29, 1.82) is 0 Å². The number of nitrogens with one attached hydrogen (secondary N) is 1. The summed E-state index contributed by atoms with van der Waals surface area (Å²) >= 11 is 0. The van der Waals surface area contributed by atoms with Crippen molar-refractivity contribution < 1.29 is 0 Å². The highest BCUT2D eigenvalue weighted by Gasteiger charge is 2.24. The quantitative estimate of drug-likeness (QED) is 0.313. The highest BCUT2D eigenvalue weighted by Crippen LogP contribution is 2.33. The lowest BCUT2D eigenvalue weighted by Gasteiger charge is -2.30. The summed E-state index contributed by atoms with van der Waals surface area (Å²) in [5.74, 6) is 2.50. The Bertz CT molecular complexity index is 1730. The van der Waals surface area contributed by atoms with Crippen molar-refractivity contribution in [2.24, 2.45) is 0 Å². The van der Waals surface area contributed by atoms with Crippen molar-refractivity contribution in [2.45, 2.75) is 32.2 Å². The van der Waals surface area contributed by atoms with Crippen molar-refractivity contribution in [1.82, 2.24) is 44.6 Å². The molecular formula is C31H29N9. The summed E-state index contributed by atoms with van der Waals surface area (Å²) in [6, 6.07) is 25.0. The van der Waals surface area contributed by atoms with E-state index in [-0.39, 0.29) is 0 Å². The molecule has 1 N–H and O–H groups in total. The summed E-state index contributed by atoms with van der Waals surface area (Å²) in [4.78, 5) is 19.3. The third-order valence-electron chi connectivity index (χ3n) is 7.55. The number of aromatic nitrogens is 8. The summed E-state index contributed by atoms with van der Waals surface area (Å²) in [6.45, 7) is 4.96. The van der Waals surface area contributed by atoms with Gasteiger partial charge in [-0.3, -0.25) is 4.90 Å². The molecular weight excluding hydrogens is 498 g/mol. The molecule has 0 unspecified atom stereocenters. The average Bonchev–Trinajstić information content (AvgIpc) is 3.65. The lowest BCUT2D eigenvalue weighted by molar-refractivity contribution is 0.202. The molecule has 5 heterocycles. The third-order valence-corrected chi connectivity index (χ3v) is 7.55. The standard InChI is InChI=1S/C31H29N9/c1-21-8-13-26-34-27(28(40(26)38-21)24-6-3-2-4-7-24)23-11-9-22(10-12-23)20-39-18-14-25(15-19-39)29-35-31(37-36-29)30-32-16-5-17-33-30/h2-13,16-17,25H,14-15,18-20H2,1H3,(H,35,36,37). The minimum absolute atomic E-state index is 0.368. The van der Waals surface area contributed by atoms with Gasteiger partial charge in [0.05, 0.1) is 11.4 Å². The highest BCUT2D eigenvalue weighted by atomic mass is 15.3. The van der Waals surface area contributed by atoms with Crippen LogP contribution in [-0.4, -0.2) is 57.7 Å². The van der Waals surface area contributed by atoms with Crippen molar-refractivity contribution in [3.05, 3.63) is 102 Å². The molecule has 9 heteroatoms. The largest absolute Gasteiger partial charge is 0.322 e. The van der Waals surface area contributed by atoms with Gasteiger partial charge in [-0.05, 0) is 56.6 Å². The zero-order valence-corrected chi connectivity index (χ0v) is 22.3. The average molecular weight is 528 g/mol. The minimum Gasteiger partial charge on any atom is -0.322 e. The first-order valence-electron chi connectivity index (χ1n) is 13.6. The van der Waals surface area contributed by atoms with Gasteiger partial charge in [0, 0.05) is 36.0 Å². The van der Waals surface area contributed by atoms with Gasteiger partial charge in [-0.2, -0.15) is 5.10 Å². The van der Waals surface area contributed by atoms with E-state index in [2.05, 4.69) is 78.6 Å². The van der Waals surface area contributed by atoms with Gasteiger partial charge in [0.2, 0.25) is 0 Å². The number of aryl methyl sites for hydroxylation is 1. The van der Waals surface area contributed by atoms with E-state index in [0.717, 1.165) is 72.2 Å². The Morgan fingerprint density at radius 2 is 1.60 bits per heavy atom. The number of imidazole rings is 1. The molecule has 1 fully saturated rings. The number of nitrogens with zero attached hydrogens (tertiary/aromatic N) is 8. The predicted octanol–water partition coefficient (Wildman–Crippen LogP) is 5.33. The number of rotatable bonds is 6. The van der Waals surface area contributed by atoms with E-state index in [1.807, 2.05) is 29.6 Å². The molecule has 9 nitrogen and oxygen atoms in total. The molecule has 0 spiro atoms. The maximum Gasteiger partial charge on any atom is 0.199 e. The molecule has 1 saturated heterocycles. The van der Waals surface area contributed by atoms with Gasteiger partial charge in [0.1, 0.15) is 11.5 Å². The predicted molar refractivity (Wildman–Crippen MR) is 153 cm³/mol. The highest BCUT2D eigenvalue weighted by molar-refractivity contribution is 5.81. The number of likely N-dealkylation sites (tertiary alicyclic amines) is 1. The molecule has 1 aliphatic heterocycles. The van der Waals surface area contributed by atoms with Crippen LogP contribution in [0.25, 0.3) is 39.8 Å². The zero-order valence-electron chi connectivity index (χ0n) is 22.3. The second-order valence-corrected chi connectivity index (χ2v) is 10.3. The molecule has 0 radical (unpaired) electrons. The summed E-state index contributed by atoms with van der Waals surface area (Å²) < 4.78 is 1.96. The number of H-pyrrole nitrogens is 1. The smallest absolute Gasteiger partial charge is 0.199 e. The summed E-state index contributed by atoms with van der Waals surface area (Å²) in [7, 11) is 0. The molecule has 198 valence electrons. The van der Waals surface area contributed by atoms with E-state index in [4.69, 9.17) is 10.1 Å². The fourth-order valence-corrected chi connectivity index (χ4v) is 5.45. The van der Waals surface area contributed by atoms with Crippen LogP contribution in [0.2, 0.25) is 0 Å². The lowest BCUT2D eigenvalue weighted by atomic mass is 9.95. The van der Waals surface area contributed by atoms with Gasteiger partial charge in [0.25, 0.3) is 0 Å². The Hall–Kier alpha value is -4.76. The summed E-state index contributed by atoms with van der Waals surface area (Å²) in [5, 5.41) is 13.4. The molecule has 0 atom stereocenters. The molecule has 0 saturated carbocycles. The number of fused-ring (bicyclic) bond motifs is 1. The Morgan fingerprint density at radius 3 is 2.38 bits per heavy atom. The van der Waals surface area contributed by atoms with E-state index >= 15 is 0 Å². The van der Waals surface area contributed by atoms with Crippen LogP contribution in [0, 0.1) is 6.92 Å². The first-order chi connectivity index (χ1) is 19.7. The molecule has 1 aliphatic rings. The van der Waals surface area contributed by atoms with Crippen LogP contribution in [0.1, 0.15) is 35.8 Å². The maximum absolute atomic E-state index is 4.97. The molecule has 0 bridgehead atoms. The molecule has 40 heavy (non-hydrogen) atoms. The Balaban J connectivity index is 1.05. The zero-order chi connectivity index (χ0) is 26.9. The Morgan fingerprint density at radius 1 is 0.825 bits per heavy atom. The second-order valence-electron chi connectivity index (χ2n) is 10.3. The van der Waals surface area contributed by atoms with Crippen LogP contribution in [0.5, 0.6) is 0 Å². The van der Waals surface area contributed by atoms with Gasteiger partial charge >= 0.3 is 0 Å². The van der Waals surface area contributed by atoms with Gasteiger partial charge in [-0.15, -0.1) is 10.2 Å². The van der Waals surface area contributed by atoms with E-state index in [9.17, 15) is 0 Å². The number of benzene rings is 2.